The van der Waals surface area contributed by atoms with Crippen LogP contribution in [-0.2, 0) is 9.53 Å². The molecule has 1 aromatic heterocycles. The van der Waals surface area contributed by atoms with Gasteiger partial charge in [0.05, 0.1) is 25.3 Å². The van der Waals surface area contributed by atoms with Gasteiger partial charge in [-0.1, -0.05) is 48.5 Å². The van der Waals surface area contributed by atoms with Crippen molar-refractivity contribution in [1.29, 1.82) is 0 Å². The van der Waals surface area contributed by atoms with Crippen molar-refractivity contribution in [3.8, 4) is 5.69 Å². The number of hydrogen-bond acceptors (Lipinski definition) is 4. The topological polar surface area (TPSA) is 73.2 Å². The Balaban J connectivity index is 1.77. The van der Waals surface area contributed by atoms with Gasteiger partial charge < -0.3 is 10.1 Å². The van der Waals surface area contributed by atoms with Crippen molar-refractivity contribution < 1.29 is 14.3 Å². The van der Waals surface area contributed by atoms with E-state index in [1.165, 1.54) is 7.11 Å². The molecule has 0 bridgehead atoms. The molecule has 6 nitrogen and oxygen atoms in total. The molecule has 3 rings (SSSR count). The lowest BCUT2D eigenvalue weighted by atomic mass is 10.0. The lowest BCUT2D eigenvalue weighted by molar-refractivity contribution is -0.141. The van der Waals surface area contributed by atoms with Gasteiger partial charge in [0.1, 0.15) is 0 Å². The molecule has 0 aliphatic carbocycles. The Labute approximate surface area is 151 Å². The van der Waals surface area contributed by atoms with E-state index in [0.717, 1.165) is 11.3 Å². The second kappa shape index (κ2) is 8.11. The highest BCUT2D eigenvalue weighted by Crippen LogP contribution is 2.18. The number of para-hydroxylation sites is 1. The fourth-order valence-corrected chi connectivity index (χ4v) is 2.59. The molecular formula is C20H19N3O3. The number of carbonyl (C=O) groups is 2. The highest BCUT2D eigenvalue weighted by molar-refractivity contribution is 5.92. The van der Waals surface area contributed by atoms with Crippen molar-refractivity contribution in [1.82, 2.24) is 15.1 Å². The van der Waals surface area contributed by atoms with Gasteiger partial charge in [-0.25, -0.2) is 4.68 Å². The van der Waals surface area contributed by atoms with Crippen LogP contribution in [0.1, 0.15) is 28.5 Å². The third-order valence-electron chi connectivity index (χ3n) is 3.95. The summed E-state index contributed by atoms with van der Waals surface area (Å²) in [5, 5.41) is 7.18. The molecule has 0 saturated heterocycles. The highest BCUT2D eigenvalue weighted by Gasteiger charge is 2.20. The molecule has 0 saturated carbocycles. The van der Waals surface area contributed by atoms with Gasteiger partial charge in [-0.15, -0.1) is 0 Å². The number of amides is 1. The summed E-state index contributed by atoms with van der Waals surface area (Å²) < 4.78 is 6.37. The smallest absolute Gasteiger partial charge is 0.307 e. The van der Waals surface area contributed by atoms with E-state index >= 15 is 0 Å². The monoisotopic (exact) mass is 349 g/mol. The summed E-state index contributed by atoms with van der Waals surface area (Å²) in [6.45, 7) is 0. The maximum atomic E-state index is 12.6. The van der Waals surface area contributed by atoms with Crippen molar-refractivity contribution in [2.24, 2.45) is 0 Å². The van der Waals surface area contributed by atoms with Crippen LogP contribution in [0.15, 0.2) is 72.9 Å². The Bertz CT molecular complexity index is 876. The summed E-state index contributed by atoms with van der Waals surface area (Å²) in [5.41, 5.74) is 1.97. The fourth-order valence-electron chi connectivity index (χ4n) is 2.59. The van der Waals surface area contributed by atoms with Gasteiger partial charge in [0.25, 0.3) is 5.91 Å². The molecule has 2 aromatic carbocycles. The molecule has 0 fully saturated rings. The number of aromatic nitrogens is 2. The quantitative estimate of drug-likeness (QED) is 0.695. The van der Waals surface area contributed by atoms with Crippen LogP contribution in [0.3, 0.4) is 0 Å². The van der Waals surface area contributed by atoms with Crippen molar-refractivity contribution in [2.75, 3.05) is 7.11 Å². The average Bonchev–Trinajstić information content (AvgIpc) is 3.19. The Morgan fingerprint density at radius 2 is 1.69 bits per heavy atom. The predicted molar refractivity (Wildman–Crippen MR) is 96.8 cm³/mol. The lowest BCUT2D eigenvalue weighted by Crippen LogP contribution is -2.30. The zero-order valence-corrected chi connectivity index (χ0v) is 14.3. The van der Waals surface area contributed by atoms with Gasteiger partial charge in [-0.05, 0) is 23.8 Å². The maximum absolute atomic E-state index is 12.6. The molecule has 26 heavy (non-hydrogen) atoms. The van der Waals surface area contributed by atoms with E-state index in [1.807, 2.05) is 60.7 Å². The summed E-state index contributed by atoms with van der Waals surface area (Å²) in [4.78, 5) is 24.3. The van der Waals surface area contributed by atoms with Gasteiger partial charge in [0, 0.05) is 6.20 Å². The minimum atomic E-state index is -0.488. The first-order valence-corrected chi connectivity index (χ1v) is 8.21. The van der Waals surface area contributed by atoms with Gasteiger partial charge in [0.15, 0.2) is 5.69 Å². The van der Waals surface area contributed by atoms with Crippen molar-refractivity contribution in [3.05, 3.63) is 84.2 Å². The third-order valence-corrected chi connectivity index (χ3v) is 3.95. The Morgan fingerprint density at radius 3 is 2.35 bits per heavy atom. The van der Waals surface area contributed by atoms with E-state index in [9.17, 15) is 9.59 Å². The number of rotatable bonds is 6. The molecular weight excluding hydrogens is 330 g/mol. The number of carbonyl (C=O) groups excluding carboxylic acids is 2. The van der Waals surface area contributed by atoms with E-state index in [-0.39, 0.29) is 18.0 Å². The second-order valence-corrected chi connectivity index (χ2v) is 5.70. The van der Waals surface area contributed by atoms with Crippen LogP contribution in [0.25, 0.3) is 5.69 Å². The molecule has 6 heteroatoms. The minimum absolute atomic E-state index is 0.0473. The normalized spacial score (nSPS) is 11.6. The zero-order chi connectivity index (χ0) is 18.4. The highest BCUT2D eigenvalue weighted by atomic mass is 16.5. The summed E-state index contributed by atoms with van der Waals surface area (Å²) in [7, 11) is 1.33. The minimum Gasteiger partial charge on any atom is -0.469 e. The number of hydrogen-bond donors (Lipinski definition) is 1. The number of nitrogens with one attached hydrogen (secondary N) is 1. The van der Waals surface area contributed by atoms with E-state index in [0.29, 0.717) is 0 Å². The first-order valence-electron chi connectivity index (χ1n) is 8.21. The molecule has 0 unspecified atom stereocenters. The first kappa shape index (κ1) is 17.4. The largest absolute Gasteiger partial charge is 0.469 e. The molecule has 3 aromatic rings. The molecule has 0 aliphatic heterocycles. The second-order valence-electron chi connectivity index (χ2n) is 5.70. The lowest BCUT2D eigenvalue weighted by Gasteiger charge is -2.17. The van der Waals surface area contributed by atoms with E-state index in [4.69, 9.17) is 4.74 Å². The Morgan fingerprint density at radius 1 is 1.04 bits per heavy atom. The number of methoxy groups -OCH3 is 1. The van der Waals surface area contributed by atoms with Crippen molar-refractivity contribution in [2.45, 2.75) is 12.5 Å². The van der Waals surface area contributed by atoms with Crippen LogP contribution >= 0.6 is 0 Å². The average molecular weight is 349 g/mol. The van der Waals surface area contributed by atoms with Gasteiger partial charge in [0.2, 0.25) is 0 Å². The van der Waals surface area contributed by atoms with Crippen LogP contribution in [0.2, 0.25) is 0 Å². The summed E-state index contributed by atoms with van der Waals surface area (Å²) in [6, 6.07) is 20.0. The van der Waals surface area contributed by atoms with Crippen LogP contribution in [0.5, 0.6) is 0 Å². The molecule has 0 aliphatic rings. The Kier molecular flexibility index (Phi) is 5.43. The number of ether oxygens (including phenoxy) is 1. The summed E-state index contributed by atoms with van der Waals surface area (Å²) in [6.07, 6.45) is 1.77. The van der Waals surface area contributed by atoms with Crippen molar-refractivity contribution >= 4 is 11.9 Å². The standard InChI is InChI=1S/C20H19N3O3/c1-26-19(24)14-18(15-8-4-2-5-9-15)21-20(25)17-12-13-23(22-17)16-10-6-3-7-11-16/h2-13,18H,14H2,1H3,(H,21,25)/t18-/m1/s1. The van der Waals surface area contributed by atoms with Gasteiger partial charge in [-0.3, -0.25) is 9.59 Å². The molecule has 1 N–H and O–H groups in total. The van der Waals surface area contributed by atoms with Gasteiger partial charge in [-0.2, -0.15) is 5.10 Å². The predicted octanol–water partition coefficient (Wildman–Crippen LogP) is 2.91. The molecule has 1 amide bonds. The molecule has 0 spiro atoms. The number of nitrogens with zero attached hydrogens (tertiary/aromatic N) is 2. The number of esters is 1. The van der Waals surface area contributed by atoms with Crippen LogP contribution in [-0.4, -0.2) is 28.8 Å². The molecule has 132 valence electrons. The molecule has 1 atom stereocenters. The van der Waals surface area contributed by atoms with Gasteiger partial charge >= 0.3 is 5.97 Å². The zero-order valence-electron chi connectivity index (χ0n) is 14.3. The third kappa shape index (κ3) is 4.16. The van der Waals surface area contributed by atoms with Crippen molar-refractivity contribution in [3.63, 3.8) is 0 Å². The fraction of sp³-hybridized carbons (Fsp3) is 0.150. The molecule has 0 radical (unpaired) electrons. The van der Waals surface area contributed by atoms with Crippen LogP contribution in [0, 0.1) is 0 Å². The van der Waals surface area contributed by atoms with E-state index < -0.39 is 12.0 Å². The Hall–Kier alpha value is -3.41. The summed E-state index contributed by atoms with van der Waals surface area (Å²) >= 11 is 0. The van der Waals surface area contributed by atoms with E-state index in [2.05, 4.69) is 10.4 Å². The van der Waals surface area contributed by atoms with E-state index in [1.54, 1.807) is 16.9 Å². The first-order chi connectivity index (χ1) is 12.7. The SMILES string of the molecule is COC(=O)C[C@@H](NC(=O)c1ccn(-c2ccccc2)n1)c1ccccc1. The molecule has 1 heterocycles. The maximum Gasteiger partial charge on any atom is 0.307 e. The van der Waals surface area contributed by atoms with Crippen LogP contribution in [0.4, 0.5) is 0 Å². The van der Waals surface area contributed by atoms with Crippen LogP contribution < -0.4 is 5.32 Å². The summed E-state index contributed by atoms with van der Waals surface area (Å²) in [5.74, 6) is -0.744. The number of benzene rings is 2.